The third kappa shape index (κ3) is 3.98. The number of ketones is 1. The Kier molecular flexibility index (Phi) is 5.40. The first kappa shape index (κ1) is 19.5. The average molecular weight is 398 g/mol. The SMILES string of the molecule is C=Cc1ccc(COc2cc(C)c3c(c2)O/C(=C\c2ccc(OC)cc2)C3=O)cc1. The lowest BCUT2D eigenvalue weighted by Crippen LogP contribution is -2.00. The summed E-state index contributed by atoms with van der Waals surface area (Å²) in [4.78, 5) is 12.8. The van der Waals surface area contributed by atoms with E-state index in [1.165, 1.54) is 0 Å². The summed E-state index contributed by atoms with van der Waals surface area (Å²) >= 11 is 0. The minimum atomic E-state index is -0.120. The fraction of sp³-hybridized carbons (Fsp3) is 0.115. The number of Topliss-reactive ketones (excluding diaryl/α,β-unsaturated/α-hetero) is 1. The summed E-state index contributed by atoms with van der Waals surface area (Å²) < 4.78 is 17.0. The summed E-state index contributed by atoms with van der Waals surface area (Å²) in [6.07, 6.45) is 3.54. The van der Waals surface area contributed by atoms with Crippen LogP contribution in [0.4, 0.5) is 0 Å². The molecule has 0 unspecified atom stereocenters. The molecule has 4 heteroatoms. The van der Waals surface area contributed by atoms with Crippen LogP contribution in [0.2, 0.25) is 0 Å². The van der Waals surface area contributed by atoms with Gasteiger partial charge in [0.1, 0.15) is 23.9 Å². The molecule has 1 aliphatic heterocycles. The Labute approximate surface area is 176 Å². The second-order valence-electron chi connectivity index (χ2n) is 7.06. The van der Waals surface area contributed by atoms with Gasteiger partial charge >= 0.3 is 0 Å². The third-order valence-corrected chi connectivity index (χ3v) is 4.98. The number of aryl methyl sites for hydroxylation is 1. The number of hydrogen-bond donors (Lipinski definition) is 0. The number of benzene rings is 3. The van der Waals surface area contributed by atoms with Crippen molar-refractivity contribution in [3.63, 3.8) is 0 Å². The highest BCUT2D eigenvalue weighted by Crippen LogP contribution is 2.37. The molecule has 4 nitrogen and oxygen atoms in total. The van der Waals surface area contributed by atoms with Crippen LogP contribution in [0.1, 0.15) is 32.6 Å². The molecule has 0 spiro atoms. The Morgan fingerprint density at radius 3 is 2.33 bits per heavy atom. The molecular weight excluding hydrogens is 376 g/mol. The van der Waals surface area contributed by atoms with Gasteiger partial charge in [-0.2, -0.15) is 0 Å². The quantitative estimate of drug-likeness (QED) is 0.489. The van der Waals surface area contributed by atoms with E-state index in [0.717, 1.165) is 28.0 Å². The Hall–Kier alpha value is -3.79. The molecule has 0 aliphatic carbocycles. The molecule has 0 aromatic heterocycles. The Morgan fingerprint density at radius 2 is 1.67 bits per heavy atom. The monoisotopic (exact) mass is 398 g/mol. The number of ether oxygens (including phenoxy) is 3. The number of hydrogen-bond acceptors (Lipinski definition) is 4. The summed E-state index contributed by atoms with van der Waals surface area (Å²) in [5, 5.41) is 0. The largest absolute Gasteiger partial charge is 0.497 e. The molecule has 4 rings (SSSR count). The summed E-state index contributed by atoms with van der Waals surface area (Å²) in [6, 6.07) is 19.1. The molecule has 0 radical (unpaired) electrons. The van der Waals surface area contributed by atoms with Gasteiger partial charge in [0.15, 0.2) is 5.76 Å². The van der Waals surface area contributed by atoms with Crippen molar-refractivity contribution in [1.82, 2.24) is 0 Å². The van der Waals surface area contributed by atoms with Crippen molar-refractivity contribution in [3.05, 3.63) is 101 Å². The molecule has 0 saturated heterocycles. The van der Waals surface area contributed by atoms with E-state index in [4.69, 9.17) is 14.2 Å². The van der Waals surface area contributed by atoms with Crippen LogP contribution < -0.4 is 14.2 Å². The van der Waals surface area contributed by atoms with Gasteiger partial charge in [-0.05, 0) is 53.5 Å². The van der Waals surface area contributed by atoms with E-state index in [1.54, 1.807) is 25.3 Å². The van der Waals surface area contributed by atoms with E-state index >= 15 is 0 Å². The first-order valence-electron chi connectivity index (χ1n) is 9.64. The Morgan fingerprint density at radius 1 is 0.967 bits per heavy atom. The lowest BCUT2D eigenvalue weighted by Gasteiger charge is -2.09. The van der Waals surface area contributed by atoms with Crippen LogP contribution in [0.15, 0.2) is 73.0 Å². The highest BCUT2D eigenvalue weighted by atomic mass is 16.5. The zero-order valence-corrected chi connectivity index (χ0v) is 17.0. The van der Waals surface area contributed by atoms with E-state index in [1.807, 2.05) is 61.5 Å². The number of allylic oxidation sites excluding steroid dienone is 1. The van der Waals surface area contributed by atoms with Gasteiger partial charge < -0.3 is 14.2 Å². The molecule has 0 saturated carbocycles. The van der Waals surface area contributed by atoms with Crippen LogP contribution in [-0.2, 0) is 6.61 Å². The van der Waals surface area contributed by atoms with Crippen LogP contribution >= 0.6 is 0 Å². The van der Waals surface area contributed by atoms with Crippen LogP contribution in [0.3, 0.4) is 0 Å². The Bertz CT molecular complexity index is 1120. The summed E-state index contributed by atoms with van der Waals surface area (Å²) in [6.45, 7) is 6.08. The zero-order valence-electron chi connectivity index (χ0n) is 17.0. The number of carbonyl (C=O) groups is 1. The van der Waals surface area contributed by atoms with Crippen LogP contribution in [0, 0.1) is 6.92 Å². The average Bonchev–Trinajstić information content (AvgIpc) is 3.08. The highest BCUT2D eigenvalue weighted by Gasteiger charge is 2.30. The molecular formula is C26H22O4. The standard InChI is InChI=1S/C26H22O4/c1-4-18-5-7-20(8-6-18)16-29-22-13-17(2)25-23(15-22)30-24(26(25)27)14-19-9-11-21(28-3)12-10-19/h4-15H,1,16H2,2-3H3/b24-14-. The molecule has 3 aromatic rings. The van der Waals surface area contributed by atoms with Crippen molar-refractivity contribution in [3.8, 4) is 17.2 Å². The van der Waals surface area contributed by atoms with E-state index in [-0.39, 0.29) is 5.78 Å². The zero-order chi connectivity index (χ0) is 21.1. The molecule has 30 heavy (non-hydrogen) atoms. The number of carbonyl (C=O) groups excluding carboxylic acids is 1. The first-order valence-corrected chi connectivity index (χ1v) is 9.64. The fourth-order valence-corrected chi connectivity index (χ4v) is 3.33. The molecule has 150 valence electrons. The molecule has 0 bridgehead atoms. The molecule has 0 amide bonds. The second kappa shape index (κ2) is 8.29. The molecule has 0 fully saturated rings. The molecule has 3 aromatic carbocycles. The van der Waals surface area contributed by atoms with Crippen molar-refractivity contribution < 1.29 is 19.0 Å². The van der Waals surface area contributed by atoms with Gasteiger partial charge in [0, 0.05) is 6.07 Å². The smallest absolute Gasteiger partial charge is 0.232 e. The number of rotatable bonds is 6. The van der Waals surface area contributed by atoms with Gasteiger partial charge in [0.2, 0.25) is 5.78 Å². The van der Waals surface area contributed by atoms with Crippen molar-refractivity contribution in [2.45, 2.75) is 13.5 Å². The third-order valence-electron chi connectivity index (χ3n) is 4.98. The van der Waals surface area contributed by atoms with Crippen molar-refractivity contribution in [2.24, 2.45) is 0 Å². The molecule has 0 atom stereocenters. The fourth-order valence-electron chi connectivity index (χ4n) is 3.33. The molecule has 1 heterocycles. The summed E-state index contributed by atoms with van der Waals surface area (Å²) in [5.41, 5.74) is 4.39. The number of fused-ring (bicyclic) bond motifs is 1. The van der Waals surface area contributed by atoms with Crippen LogP contribution in [-0.4, -0.2) is 12.9 Å². The minimum absolute atomic E-state index is 0.120. The van der Waals surface area contributed by atoms with E-state index in [0.29, 0.717) is 29.4 Å². The van der Waals surface area contributed by atoms with Gasteiger partial charge in [-0.15, -0.1) is 0 Å². The number of methoxy groups -OCH3 is 1. The minimum Gasteiger partial charge on any atom is -0.497 e. The predicted molar refractivity (Wildman–Crippen MR) is 118 cm³/mol. The molecule has 1 aliphatic rings. The van der Waals surface area contributed by atoms with E-state index in [2.05, 4.69) is 6.58 Å². The van der Waals surface area contributed by atoms with Crippen molar-refractivity contribution >= 4 is 17.9 Å². The van der Waals surface area contributed by atoms with Gasteiger partial charge in [-0.1, -0.05) is 49.1 Å². The van der Waals surface area contributed by atoms with E-state index in [9.17, 15) is 4.79 Å². The Balaban J connectivity index is 1.52. The van der Waals surface area contributed by atoms with E-state index < -0.39 is 0 Å². The summed E-state index contributed by atoms with van der Waals surface area (Å²) in [7, 11) is 1.62. The van der Waals surface area contributed by atoms with Crippen molar-refractivity contribution in [2.75, 3.05) is 7.11 Å². The second-order valence-corrected chi connectivity index (χ2v) is 7.06. The highest BCUT2D eigenvalue weighted by molar-refractivity contribution is 6.15. The van der Waals surface area contributed by atoms with Gasteiger partial charge in [0.25, 0.3) is 0 Å². The van der Waals surface area contributed by atoms with Crippen molar-refractivity contribution in [1.29, 1.82) is 0 Å². The lowest BCUT2D eigenvalue weighted by molar-refractivity contribution is 0.101. The van der Waals surface area contributed by atoms with Gasteiger partial charge in [-0.25, -0.2) is 0 Å². The topological polar surface area (TPSA) is 44.8 Å². The lowest BCUT2D eigenvalue weighted by atomic mass is 10.0. The van der Waals surface area contributed by atoms with Gasteiger partial charge in [-0.3, -0.25) is 4.79 Å². The molecule has 0 N–H and O–H groups in total. The maximum absolute atomic E-state index is 12.8. The summed E-state index contributed by atoms with van der Waals surface area (Å²) in [5.74, 6) is 2.13. The van der Waals surface area contributed by atoms with Crippen LogP contribution in [0.25, 0.3) is 12.2 Å². The van der Waals surface area contributed by atoms with Gasteiger partial charge in [0.05, 0.1) is 12.7 Å². The normalized spacial score (nSPS) is 13.7. The maximum atomic E-state index is 12.8. The predicted octanol–water partition coefficient (Wildman–Crippen LogP) is 5.84. The van der Waals surface area contributed by atoms with Crippen LogP contribution in [0.5, 0.6) is 17.2 Å². The first-order chi connectivity index (χ1) is 14.6. The maximum Gasteiger partial charge on any atom is 0.232 e.